The number of benzene rings is 1. The fourth-order valence-corrected chi connectivity index (χ4v) is 5.86. The third-order valence-electron chi connectivity index (χ3n) is 4.94. The summed E-state index contributed by atoms with van der Waals surface area (Å²) in [6, 6.07) is 5.02. The molecule has 2 saturated heterocycles. The highest BCUT2D eigenvalue weighted by atomic mass is 32.2. The highest BCUT2D eigenvalue weighted by Crippen LogP contribution is 2.34. The van der Waals surface area contributed by atoms with Crippen molar-refractivity contribution in [1.82, 2.24) is 14.6 Å². The van der Waals surface area contributed by atoms with Gasteiger partial charge in [-0.3, -0.25) is 4.79 Å². The normalized spacial score (nSPS) is 26.5. The molecule has 3 atom stereocenters. The zero-order valence-corrected chi connectivity index (χ0v) is 15.6. The van der Waals surface area contributed by atoms with Crippen LogP contribution in [0.15, 0.2) is 41.3 Å². The van der Waals surface area contributed by atoms with Crippen molar-refractivity contribution in [1.29, 1.82) is 0 Å². The van der Waals surface area contributed by atoms with Crippen molar-refractivity contribution in [2.75, 3.05) is 13.1 Å². The molecule has 9 heteroatoms. The topological polar surface area (TPSA) is 88.6 Å². The predicted molar refractivity (Wildman–Crippen MR) is 98.1 cm³/mol. The Labute approximate surface area is 155 Å². The van der Waals surface area contributed by atoms with Crippen LogP contribution in [-0.4, -0.2) is 49.0 Å². The van der Waals surface area contributed by atoms with E-state index in [1.54, 1.807) is 23.7 Å². The number of carbonyl (C=O) groups excluding carboxylic acids is 1. The van der Waals surface area contributed by atoms with E-state index in [0.29, 0.717) is 25.9 Å². The molecule has 2 aliphatic rings. The molecule has 0 spiro atoms. The molecule has 1 aromatic carbocycles. The number of fused-ring (bicyclic) bond motifs is 2. The zero-order chi connectivity index (χ0) is 18.3. The Balaban J connectivity index is 1.50. The van der Waals surface area contributed by atoms with Crippen LogP contribution in [0.3, 0.4) is 0 Å². The van der Waals surface area contributed by atoms with Crippen molar-refractivity contribution < 1.29 is 17.9 Å². The van der Waals surface area contributed by atoms with E-state index >= 15 is 0 Å². The Morgan fingerprint density at radius 1 is 1.46 bits per heavy atom. The Morgan fingerprint density at radius 2 is 2.31 bits per heavy atom. The van der Waals surface area contributed by atoms with Crippen LogP contribution in [0.1, 0.15) is 12.8 Å². The summed E-state index contributed by atoms with van der Waals surface area (Å²) in [6.45, 7) is 4.18. The maximum atomic E-state index is 13.0. The summed E-state index contributed by atoms with van der Waals surface area (Å²) in [4.78, 5) is 15.9. The van der Waals surface area contributed by atoms with Crippen molar-refractivity contribution in [3.8, 4) is 0 Å². The second-order valence-corrected chi connectivity index (χ2v) is 9.33. The number of nitrogens with one attached hydrogen (secondary N) is 1. The maximum absolute atomic E-state index is 13.0. The second-order valence-electron chi connectivity index (χ2n) is 6.51. The molecule has 1 aromatic heterocycles. The van der Waals surface area contributed by atoms with Gasteiger partial charge in [0.1, 0.15) is 6.23 Å². The number of piperidine rings is 1. The number of ether oxygens (including phenoxy) is 1. The van der Waals surface area contributed by atoms with Gasteiger partial charge in [-0.1, -0.05) is 6.58 Å². The molecule has 2 aromatic rings. The van der Waals surface area contributed by atoms with Gasteiger partial charge in [-0.15, -0.1) is 11.3 Å². The molecule has 0 bridgehead atoms. The number of nitrogens with zero attached hydrogens (tertiary/aromatic N) is 2. The fraction of sp³-hybridized carbons (Fsp3) is 0.412. The van der Waals surface area contributed by atoms with Gasteiger partial charge in [0.25, 0.3) is 0 Å². The number of thiazole rings is 1. The van der Waals surface area contributed by atoms with Gasteiger partial charge < -0.3 is 10.1 Å². The molecule has 3 heterocycles. The number of carbonyl (C=O) groups is 1. The van der Waals surface area contributed by atoms with E-state index in [-0.39, 0.29) is 29.1 Å². The molecular formula is C17H19N3O4S2. The number of rotatable bonds is 4. The number of amides is 1. The third-order valence-corrected chi connectivity index (χ3v) is 7.60. The van der Waals surface area contributed by atoms with Crippen LogP contribution < -0.4 is 5.32 Å². The lowest BCUT2D eigenvalue weighted by atomic mass is 9.94. The standard InChI is InChI=1S/C17H19N3O4S2/c1-2-16(21)19-17-7-11-5-6-20(9-14(11)24-17)26(22,23)12-3-4-13-15(8-12)25-10-18-13/h2-4,8,10-11,14,17H,1,5-7,9H2,(H,19,21). The average Bonchev–Trinajstić information content (AvgIpc) is 3.25. The van der Waals surface area contributed by atoms with Gasteiger partial charge in [0.15, 0.2) is 0 Å². The first-order valence-electron chi connectivity index (χ1n) is 8.39. The summed E-state index contributed by atoms with van der Waals surface area (Å²) >= 11 is 1.42. The van der Waals surface area contributed by atoms with Gasteiger partial charge in [-0.05, 0) is 43.0 Å². The number of aromatic nitrogens is 1. The first-order valence-corrected chi connectivity index (χ1v) is 10.7. The molecule has 1 N–H and O–H groups in total. The summed E-state index contributed by atoms with van der Waals surface area (Å²) in [5.41, 5.74) is 2.50. The molecule has 0 saturated carbocycles. The van der Waals surface area contributed by atoms with Gasteiger partial charge in [0, 0.05) is 13.1 Å². The first kappa shape index (κ1) is 17.6. The van der Waals surface area contributed by atoms with Crippen molar-refractivity contribution in [2.45, 2.75) is 30.1 Å². The Bertz CT molecular complexity index is 956. The molecule has 138 valence electrons. The lowest BCUT2D eigenvalue weighted by molar-refractivity contribution is -0.120. The van der Waals surface area contributed by atoms with Crippen molar-refractivity contribution in [3.05, 3.63) is 36.4 Å². The smallest absolute Gasteiger partial charge is 0.245 e. The Morgan fingerprint density at radius 3 is 3.12 bits per heavy atom. The second kappa shape index (κ2) is 6.73. The van der Waals surface area contributed by atoms with Gasteiger partial charge in [-0.2, -0.15) is 4.31 Å². The first-order chi connectivity index (χ1) is 12.5. The lowest BCUT2D eigenvalue weighted by Gasteiger charge is -2.33. The molecular weight excluding hydrogens is 374 g/mol. The summed E-state index contributed by atoms with van der Waals surface area (Å²) in [7, 11) is -3.59. The average molecular weight is 393 g/mol. The van der Waals surface area contributed by atoms with Crippen LogP contribution in [0, 0.1) is 5.92 Å². The molecule has 2 fully saturated rings. The van der Waals surface area contributed by atoms with Crippen molar-refractivity contribution >= 4 is 37.5 Å². The summed E-state index contributed by atoms with van der Waals surface area (Å²) < 4.78 is 34.2. The molecule has 2 aliphatic heterocycles. The van der Waals surface area contributed by atoms with E-state index in [2.05, 4.69) is 16.9 Å². The Hall–Kier alpha value is -1.81. The van der Waals surface area contributed by atoms with E-state index in [9.17, 15) is 13.2 Å². The van der Waals surface area contributed by atoms with E-state index in [1.165, 1.54) is 21.7 Å². The van der Waals surface area contributed by atoms with Gasteiger partial charge >= 0.3 is 0 Å². The number of hydrogen-bond donors (Lipinski definition) is 1. The largest absolute Gasteiger partial charge is 0.354 e. The molecule has 4 rings (SSSR count). The minimum absolute atomic E-state index is 0.208. The Kier molecular flexibility index (Phi) is 4.55. The van der Waals surface area contributed by atoms with Gasteiger partial charge in [0.2, 0.25) is 15.9 Å². The SMILES string of the molecule is C=CC(=O)NC1CC2CCN(S(=O)(=O)c3ccc4ncsc4c3)CC2O1. The predicted octanol–water partition coefficient (Wildman–Crippen LogP) is 1.72. The van der Waals surface area contributed by atoms with Crippen LogP contribution in [0.2, 0.25) is 0 Å². The molecule has 7 nitrogen and oxygen atoms in total. The monoisotopic (exact) mass is 393 g/mol. The van der Waals surface area contributed by atoms with Crippen molar-refractivity contribution in [2.24, 2.45) is 5.92 Å². The summed E-state index contributed by atoms with van der Waals surface area (Å²) in [5, 5.41) is 2.73. The van der Waals surface area contributed by atoms with E-state index < -0.39 is 10.0 Å². The molecule has 0 aliphatic carbocycles. The number of hydrogen-bond acceptors (Lipinski definition) is 6. The fourth-order valence-electron chi connectivity index (χ4n) is 3.58. The zero-order valence-electron chi connectivity index (χ0n) is 14.0. The van der Waals surface area contributed by atoms with Crippen LogP contribution in [0.25, 0.3) is 10.2 Å². The number of sulfonamides is 1. The van der Waals surface area contributed by atoms with E-state index in [0.717, 1.165) is 10.2 Å². The molecule has 1 amide bonds. The van der Waals surface area contributed by atoms with Crippen LogP contribution in [-0.2, 0) is 19.6 Å². The summed E-state index contributed by atoms with van der Waals surface area (Å²) in [5.74, 6) is -0.0310. The van der Waals surface area contributed by atoms with E-state index in [1.807, 2.05) is 0 Å². The highest BCUT2D eigenvalue weighted by Gasteiger charge is 2.42. The van der Waals surface area contributed by atoms with Crippen LogP contribution in [0.5, 0.6) is 0 Å². The minimum atomic E-state index is -3.59. The van der Waals surface area contributed by atoms with Crippen LogP contribution in [0.4, 0.5) is 0 Å². The van der Waals surface area contributed by atoms with E-state index in [4.69, 9.17) is 4.74 Å². The molecule has 26 heavy (non-hydrogen) atoms. The minimum Gasteiger partial charge on any atom is -0.354 e. The van der Waals surface area contributed by atoms with Gasteiger partial charge in [0.05, 0.1) is 26.7 Å². The summed E-state index contributed by atoms with van der Waals surface area (Å²) in [6.07, 6.45) is 2.03. The molecule has 3 unspecified atom stereocenters. The van der Waals surface area contributed by atoms with Crippen LogP contribution >= 0.6 is 11.3 Å². The molecule has 0 radical (unpaired) electrons. The quantitative estimate of drug-likeness (QED) is 0.799. The highest BCUT2D eigenvalue weighted by molar-refractivity contribution is 7.89. The van der Waals surface area contributed by atoms with Gasteiger partial charge in [-0.25, -0.2) is 13.4 Å². The van der Waals surface area contributed by atoms with Crippen molar-refractivity contribution in [3.63, 3.8) is 0 Å². The lowest BCUT2D eigenvalue weighted by Crippen LogP contribution is -2.45. The maximum Gasteiger partial charge on any atom is 0.245 e. The third kappa shape index (κ3) is 3.16.